The van der Waals surface area contributed by atoms with E-state index in [1.165, 1.54) is 12.1 Å². The van der Waals surface area contributed by atoms with Gasteiger partial charge in [0.15, 0.2) is 0 Å². The van der Waals surface area contributed by atoms with Crippen LogP contribution in [-0.2, 0) is 0 Å². The van der Waals surface area contributed by atoms with Crippen molar-refractivity contribution in [2.24, 2.45) is 5.73 Å². The van der Waals surface area contributed by atoms with Crippen molar-refractivity contribution < 1.29 is 9.50 Å². The van der Waals surface area contributed by atoms with E-state index in [1.54, 1.807) is 6.07 Å². The fraction of sp³-hybridized carbons (Fsp3) is 0.333. The topological polar surface area (TPSA) is 46.2 Å². The van der Waals surface area contributed by atoms with Crippen LogP contribution in [0.25, 0.3) is 0 Å². The summed E-state index contributed by atoms with van der Waals surface area (Å²) in [5, 5.41) is 8.97. The lowest BCUT2D eigenvalue weighted by Crippen LogP contribution is -2.16. The van der Waals surface area contributed by atoms with E-state index in [0.717, 1.165) is 4.47 Å². The summed E-state index contributed by atoms with van der Waals surface area (Å²) in [6.45, 7) is 0.233. The summed E-state index contributed by atoms with van der Waals surface area (Å²) < 4.78 is 13.6. The van der Waals surface area contributed by atoms with Crippen LogP contribution in [0, 0.1) is 5.82 Å². The van der Waals surface area contributed by atoms with E-state index in [0.29, 0.717) is 12.1 Å². The van der Waals surface area contributed by atoms with Crippen molar-refractivity contribution in [2.45, 2.75) is 5.92 Å². The van der Waals surface area contributed by atoms with E-state index in [2.05, 4.69) is 15.9 Å². The molecule has 0 aliphatic rings. The van der Waals surface area contributed by atoms with Gasteiger partial charge in [0.25, 0.3) is 0 Å². The van der Waals surface area contributed by atoms with Gasteiger partial charge in [-0.15, -0.1) is 0 Å². The number of aliphatic hydroxyl groups is 1. The highest BCUT2D eigenvalue weighted by molar-refractivity contribution is 9.10. The Morgan fingerprint density at radius 1 is 1.54 bits per heavy atom. The van der Waals surface area contributed by atoms with Crippen LogP contribution < -0.4 is 5.73 Å². The van der Waals surface area contributed by atoms with E-state index < -0.39 is 0 Å². The van der Waals surface area contributed by atoms with Crippen LogP contribution in [0.4, 0.5) is 4.39 Å². The predicted octanol–water partition coefficient (Wildman–Crippen LogP) is 1.62. The lowest BCUT2D eigenvalue weighted by atomic mass is 10.0. The Kier molecular flexibility index (Phi) is 3.84. The highest BCUT2D eigenvalue weighted by Gasteiger charge is 2.12. The Morgan fingerprint density at radius 3 is 2.77 bits per heavy atom. The van der Waals surface area contributed by atoms with Gasteiger partial charge in [-0.3, -0.25) is 0 Å². The van der Waals surface area contributed by atoms with Gasteiger partial charge < -0.3 is 10.8 Å². The van der Waals surface area contributed by atoms with Crippen LogP contribution in [0.1, 0.15) is 11.5 Å². The van der Waals surface area contributed by atoms with E-state index in [1.807, 2.05) is 0 Å². The van der Waals surface area contributed by atoms with Gasteiger partial charge in [0, 0.05) is 16.9 Å². The molecule has 0 spiro atoms. The molecule has 0 aliphatic heterocycles. The summed E-state index contributed by atoms with van der Waals surface area (Å²) in [6, 6.07) is 4.36. The molecule has 2 nitrogen and oxygen atoms in total. The maximum Gasteiger partial charge on any atom is 0.123 e. The highest BCUT2D eigenvalue weighted by atomic mass is 79.9. The van der Waals surface area contributed by atoms with Gasteiger partial charge in [0.1, 0.15) is 5.82 Å². The quantitative estimate of drug-likeness (QED) is 0.853. The third-order valence-corrected chi connectivity index (χ3v) is 2.62. The van der Waals surface area contributed by atoms with Gasteiger partial charge in [0.2, 0.25) is 0 Å². The van der Waals surface area contributed by atoms with E-state index in [4.69, 9.17) is 10.8 Å². The van der Waals surface area contributed by atoms with Crippen LogP contribution in [0.5, 0.6) is 0 Å². The first kappa shape index (κ1) is 10.6. The molecule has 1 unspecified atom stereocenters. The minimum absolute atomic E-state index is 0.0709. The van der Waals surface area contributed by atoms with Crippen LogP contribution in [0.15, 0.2) is 22.7 Å². The van der Waals surface area contributed by atoms with Crippen LogP contribution in [0.3, 0.4) is 0 Å². The number of rotatable bonds is 3. The smallest absolute Gasteiger partial charge is 0.123 e. The largest absolute Gasteiger partial charge is 0.396 e. The molecule has 0 aromatic heterocycles. The molecule has 0 heterocycles. The van der Waals surface area contributed by atoms with Crippen molar-refractivity contribution >= 4 is 15.9 Å². The zero-order chi connectivity index (χ0) is 9.84. The fourth-order valence-electron chi connectivity index (χ4n) is 1.13. The van der Waals surface area contributed by atoms with Crippen LogP contribution >= 0.6 is 15.9 Å². The summed E-state index contributed by atoms with van der Waals surface area (Å²) in [7, 11) is 0. The first-order valence-corrected chi connectivity index (χ1v) is 4.74. The van der Waals surface area contributed by atoms with Crippen molar-refractivity contribution in [3.8, 4) is 0 Å². The molecule has 0 amide bonds. The Labute approximate surface area is 84.7 Å². The molecule has 3 N–H and O–H groups in total. The third-order valence-electron chi connectivity index (χ3n) is 1.90. The Morgan fingerprint density at radius 2 is 2.23 bits per heavy atom. The number of halogens is 2. The Balaban J connectivity index is 3.03. The van der Waals surface area contributed by atoms with Gasteiger partial charge in [-0.2, -0.15) is 0 Å². The summed E-state index contributed by atoms with van der Waals surface area (Å²) in [5.41, 5.74) is 6.14. The van der Waals surface area contributed by atoms with E-state index in [9.17, 15) is 4.39 Å². The first-order valence-electron chi connectivity index (χ1n) is 3.95. The number of hydrogen-bond donors (Lipinski definition) is 2. The van der Waals surface area contributed by atoms with Gasteiger partial charge >= 0.3 is 0 Å². The zero-order valence-corrected chi connectivity index (χ0v) is 8.59. The minimum Gasteiger partial charge on any atom is -0.396 e. The van der Waals surface area contributed by atoms with Gasteiger partial charge in [-0.25, -0.2) is 4.39 Å². The number of benzene rings is 1. The molecule has 13 heavy (non-hydrogen) atoms. The predicted molar refractivity (Wildman–Crippen MR) is 53.0 cm³/mol. The molecular weight excluding hydrogens is 237 g/mol. The second kappa shape index (κ2) is 4.69. The maximum absolute atomic E-state index is 12.8. The van der Waals surface area contributed by atoms with Gasteiger partial charge in [0.05, 0.1) is 6.61 Å². The third kappa shape index (κ3) is 2.49. The number of hydrogen-bond acceptors (Lipinski definition) is 2. The lowest BCUT2D eigenvalue weighted by molar-refractivity contribution is 0.267. The Hall–Kier alpha value is -0.450. The molecule has 0 fully saturated rings. The van der Waals surface area contributed by atoms with Crippen molar-refractivity contribution in [3.05, 3.63) is 34.1 Å². The van der Waals surface area contributed by atoms with Crippen LogP contribution in [0.2, 0.25) is 0 Å². The molecular formula is C9H11BrFNO. The molecule has 1 atom stereocenters. The summed E-state index contributed by atoms with van der Waals surface area (Å²) in [4.78, 5) is 0. The van der Waals surface area contributed by atoms with Gasteiger partial charge in [-0.1, -0.05) is 15.9 Å². The average molecular weight is 248 g/mol. The first-order chi connectivity index (χ1) is 6.19. The van der Waals surface area contributed by atoms with Crippen molar-refractivity contribution in [2.75, 3.05) is 13.2 Å². The molecule has 0 saturated heterocycles. The molecule has 72 valence electrons. The fourth-order valence-corrected chi connectivity index (χ4v) is 1.70. The summed E-state index contributed by atoms with van der Waals surface area (Å²) in [5.74, 6) is -0.518. The maximum atomic E-state index is 12.8. The monoisotopic (exact) mass is 247 g/mol. The average Bonchev–Trinajstić information content (AvgIpc) is 2.13. The van der Waals surface area contributed by atoms with Crippen LogP contribution in [-0.4, -0.2) is 18.3 Å². The van der Waals surface area contributed by atoms with Crippen molar-refractivity contribution in [1.82, 2.24) is 0 Å². The molecule has 1 rings (SSSR count). The lowest BCUT2D eigenvalue weighted by Gasteiger charge is -2.13. The summed E-state index contributed by atoms with van der Waals surface area (Å²) >= 11 is 3.28. The standard InChI is InChI=1S/C9H11BrFNO/c10-9-2-1-7(11)3-8(9)6(4-12)5-13/h1-3,6,13H,4-5,12H2. The molecule has 4 heteroatoms. The van der Waals surface area contributed by atoms with Gasteiger partial charge in [-0.05, 0) is 23.8 Å². The summed E-state index contributed by atoms with van der Waals surface area (Å²) in [6.07, 6.45) is 0. The second-order valence-electron chi connectivity index (χ2n) is 2.78. The molecule has 0 radical (unpaired) electrons. The SMILES string of the molecule is NCC(CO)c1cc(F)ccc1Br. The molecule has 0 saturated carbocycles. The zero-order valence-electron chi connectivity index (χ0n) is 7.00. The second-order valence-corrected chi connectivity index (χ2v) is 3.64. The number of aliphatic hydroxyl groups excluding tert-OH is 1. The molecule has 1 aromatic rings. The molecule has 0 aliphatic carbocycles. The van der Waals surface area contributed by atoms with E-state index in [-0.39, 0.29) is 18.3 Å². The highest BCUT2D eigenvalue weighted by Crippen LogP contribution is 2.24. The van der Waals surface area contributed by atoms with Crippen molar-refractivity contribution in [3.63, 3.8) is 0 Å². The normalized spacial score (nSPS) is 12.9. The Bertz CT molecular complexity index is 289. The molecule has 1 aromatic carbocycles. The van der Waals surface area contributed by atoms with Crippen molar-refractivity contribution in [1.29, 1.82) is 0 Å². The molecule has 0 bridgehead atoms. The van der Waals surface area contributed by atoms with E-state index >= 15 is 0 Å². The minimum atomic E-state index is -0.315. The number of nitrogens with two attached hydrogens (primary N) is 1.